The zero-order valence-electron chi connectivity index (χ0n) is 6.40. The molecule has 2 aliphatic heterocycles. The van der Waals surface area contributed by atoms with Crippen LogP contribution in [0, 0.1) is 11.3 Å². The highest BCUT2D eigenvalue weighted by molar-refractivity contribution is 9.09. The summed E-state index contributed by atoms with van der Waals surface area (Å²) in [5.41, 5.74) is 0.763. The molecule has 3 rings (SSSR count). The summed E-state index contributed by atoms with van der Waals surface area (Å²) in [5.74, 6) is 0.865. The van der Waals surface area contributed by atoms with Gasteiger partial charge in [0.15, 0.2) is 0 Å². The highest BCUT2D eigenvalue weighted by atomic mass is 79.9. The normalized spacial score (nSPS) is 50.5. The molecule has 0 radical (unpaired) electrons. The first kappa shape index (κ1) is 6.87. The quantitative estimate of drug-likeness (QED) is 0.656. The SMILES string of the molecule is BrCC12CC1COC21CNC1. The number of alkyl halides is 1. The molecule has 0 aromatic heterocycles. The van der Waals surface area contributed by atoms with Gasteiger partial charge < -0.3 is 10.1 Å². The number of halogens is 1. The summed E-state index contributed by atoms with van der Waals surface area (Å²) < 4.78 is 5.84. The van der Waals surface area contributed by atoms with Gasteiger partial charge >= 0.3 is 0 Å². The number of ether oxygens (including phenoxy) is 1. The van der Waals surface area contributed by atoms with E-state index in [4.69, 9.17) is 4.74 Å². The summed E-state index contributed by atoms with van der Waals surface area (Å²) in [6.45, 7) is 3.16. The Morgan fingerprint density at radius 3 is 2.73 bits per heavy atom. The fourth-order valence-corrected chi connectivity index (χ4v) is 3.85. The molecule has 2 atom stereocenters. The second-order valence-corrected chi connectivity index (χ2v) is 4.66. The molecule has 3 fully saturated rings. The lowest BCUT2D eigenvalue weighted by Gasteiger charge is -2.45. The van der Waals surface area contributed by atoms with Crippen molar-refractivity contribution in [3.8, 4) is 0 Å². The van der Waals surface area contributed by atoms with E-state index >= 15 is 0 Å². The molecule has 3 heteroatoms. The minimum absolute atomic E-state index is 0.237. The van der Waals surface area contributed by atoms with Crippen molar-refractivity contribution in [3.05, 3.63) is 0 Å². The molecule has 0 aromatic rings. The third-order valence-corrected chi connectivity index (χ3v) is 4.76. The van der Waals surface area contributed by atoms with Crippen molar-refractivity contribution >= 4 is 15.9 Å². The van der Waals surface area contributed by atoms with Crippen LogP contribution < -0.4 is 5.32 Å². The second-order valence-electron chi connectivity index (χ2n) is 4.10. The molecule has 1 N–H and O–H groups in total. The van der Waals surface area contributed by atoms with Crippen molar-refractivity contribution in [2.24, 2.45) is 11.3 Å². The summed E-state index contributed by atoms with van der Waals surface area (Å²) >= 11 is 3.62. The van der Waals surface area contributed by atoms with Gasteiger partial charge in [0, 0.05) is 23.8 Å². The van der Waals surface area contributed by atoms with E-state index in [1.165, 1.54) is 6.42 Å². The maximum Gasteiger partial charge on any atom is 0.0997 e. The molecular weight excluding hydrogens is 206 g/mol. The first-order valence-electron chi connectivity index (χ1n) is 4.24. The third-order valence-electron chi connectivity index (χ3n) is 3.76. The number of rotatable bonds is 1. The second kappa shape index (κ2) is 1.83. The predicted molar refractivity (Wildman–Crippen MR) is 45.9 cm³/mol. The first-order valence-corrected chi connectivity index (χ1v) is 5.36. The molecular formula is C8H12BrNO. The van der Waals surface area contributed by atoms with E-state index in [0.717, 1.165) is 30.9 Å². The van der Waals surface area contributed by atoms with Crippen molar-refractivity contribution < 1.29 is 4.74 Å². The van der Waals surface area contributed by atoms with Crippen LogP contribution in [0.25, 0.3) is 0 Å². The molecule has 3 aliphatic rings. The summed E-state index contributed by atoms with van der Waals surface area (Å²) in [7, 11) is 0. The standard InChI is InChI=1S/C8H12BrNO/c9-3-7-1-6(7)2-11-8(7)4-10-5-8/h6,10H,1-5H2. The van der Waals surface area contributed by atoms with Crippen molar-refractivity contribution in [1.29, 1.82) is 0 Å². The Bertz CT molecular complexity index is 194. The van der Waals surface area contributed by atoms with Gasteiger partial charge in [0.1, 0.15) is 0 Å². The van der Waals surface area contributed by atoms with Crippen molar-refractivity contribution in [2.75, 3.05) is 25.0 Å². The monoisotopic (exact) mass is 217 g/mol. The van der Waals surface area contributed by atoms with Gasteiger partial charge in [-0.15, -0.1) is 0 Å². The Morgan fingerprint density at radius 1 is 1.55 bits per heavy atom. The maximum atomic E-state index is 5.84. The summed E-state index contributed by atoms with van der Waals surface area (Å²) in [4.78, 5) is 0. The smallest absolute Gasteiger partial charge is 0.0997 e. The molecule has 1 spiro atoms. The van der Waals surface area contributed by atoms with E-state index in [0.29, 0.717) is 5.41 Å². The van der Waals surface area contributed by atoms with Crippen LogP contribution in [-0.2, 0) is 4.74 Å². The van der Waals surface area contributed by atoms with Crippen LogP contribution in [-0.4, -0.2) is 30.6 Å². The maximum absolute atomic E-state index is 5.84. The average molecular weight is 218 g/mol. The predicted octanol–water partition coefficient (Wildman–Crippen LogP) is 0.760. The fraction of sp³-hybridized carbons (Fsp3) is 1.00. The first-order chi connectivity index (χ1) is 5.33. The van der Waals surface area contributed by atoms with E-state index in [1.54, 1.807) is 0 Å². The molecule has 1 aliphatic carbocycles. The van der Waals surface area contributed by atoms with Gasteiger partial charge in [-0.05, 0) is 12.3 Å². The molecule has 2 nitrogen and oxygen atoms in total. The zero-order valence-corrected chi connectivity index (χ0v) is 7.99. The van der Waals surface area contributed by atoms with Crippen molar-refractivity contribution in [1.82, 2.24) is 5.32 Å². The van der Waals surface area contributed by atoms with Crippen molar-refractivity contribution in [2.45, 2.75) is 12.0 Å². The van der Waals surface area contributed by atoms with Crippen molar-refractivity contribution in [3.63, 3.8) is 0 Å². The zero-order chi connectivity index (χ0) is 7.53. The Morgan fingerprint density at radius 2 is 2.36 bits per heavy atom. The Hall–Kier alpha value is 0.400. The average Bonchev–Trinajstić information content (AvgIpc) is 2.57. The van der Waals surface area contributed by atoms with E-state index in [1.807, 2.05) is 0 Å². The van der Waals surface area contributed by atoms with Gasteiger partial charge in [-0.1, -0.05) is 15.9 Å². The third kappa shape index (κ3) is 0.586. The molecule has 1 saturated carbocycles. The van der Waals surface area contributed by atoms with Crippen LogP contribution in [0.3, 0.4) is 0 Å². The van der Waals surface area contributed by atoms with E-state index in [9.17, 15) is 0 Å². The topological polar surface area (TPSA) is 21.3 Å². The number of fused-ring (bicyclic) bond motifs is 2. The van der Waals surface area contributed by atoms with Gasteiger partial charge in [0.2, 0.25) is 0 Å². The number of hydrogen-bond donors (Lipinski definition) is 1. The fourth-order valence-electron chi connectivity index (χ4n) is 2.65. The van der Waals surface area contributed by atoms with E-state index in [2.05, 4.69) is 21.2 Å². The largest absolute Gasteiger partial charge is 0.371 e. The van der Waals surface area contributed by atoms with Crippen LogP contribution in [0.5, 0.6) is 0 Å². The van der Waals surface area contributed by atoms with Gasteiger partial charge in [0.05, 0.1) is 12.2 Å². The molecule has 0 bridgehead atoms. The van der Waals surface area contributed by atoms with Crippen LogP contribution in [0.4, 0.5) is 0 Å². The Labute approximate surface area is 74.8 Å². The van der Waals surface area contributed by atoms with Gasteiger partial charge in [-0.2, -0.15) is 0 Å². The minimum atomic E-state index is 0.237. The molecule has 2 unspecified atom stereocenters. The summed E-state index contributed by atoms with van der Waals surface area (Å²) in [6.07, 6.45) is 1.39. The molecule has 62 valence electrons. The van der Waals surface area contributed by atoms with Gasteiger partial charge in [-0.3, -0.25) is 0 Å². The van der Waals surface area contributed by atoms with E-state index in [-0.39, 0.29) is 5.60 Å². The highest BCUT2D eigenvalue weighted by Crippen LogP contribution is 2.67. The lowest BCUT2D eigenvalue weighted by molar-refractivity contribution is -0.0846. The number of nitrogens with one attached hydrogen (secondary N) is 1. The van der Waals surface area contributed by atoms with Crippen LogP contribution >= 0.6 is 15.9 Å². The molecule has 11 heavy (non-hydrogen) atoms. The van der Waals surface area contributed by atoms with Gasteiger partial charge in [0.25, 0.3) is 0 Å². The lowest BCUT2D eigenvalue weighted by Crippen LogP contribution is -2.65. The number of hydrogen-bond acceptors (Lipinski definition) is 2. The Kier molecular flexibility index (Phi) is 1.14. The van der Waals surface area contributed by atoms with Crippen LogP contribution in [0.2, 0.25) is 0 Å². The summed E-state index contributed by atoms with van der Waals surface area (Å²) in [6, 6.07) is 0. The summed E-state index contributed by atoms with van der Waals surface area (Å²) in [5, 5.41) is 4.45. The molecule has 0 aromatic carbocycles. The molecule has 0 amide bonds. The van der Waals surface area contributed by atoms with Crippen LogP contribution in [0.15, 0.2) is 0 Å². The minimum Gasteiger partial charge on any atom is -0.371 e. The molecule has 2 saturated heterocycles. The Balaban J connectivity index is 1.94. The van der Waals surface area contributed by atoms with Crippen LogP contribution in [0.1, 0.15) is 6.42 Å². The van der Waals surface area contributed by atoms with Gasteiger partial charge in [-0.25, -0.2) is 0 Å². The highest BCUT2D eigenvalue weighted by Gasteiger charge is 2.72. The molecule has 2 heterocycles. The lowest BCUT2D eigenvalue weighted by atomic mass is 9.80. The van der Waals surface area contributed by atoms with E-state index < -0.39 is 0 Å².